The summed E-state index contributed by atoms with van der Waals surface area (Å²) in [5.41, 5.74) is 0. The van der Waals surface area contributed by atoms with Gasteiger partial charge in [0.1, 0.15) is 6.04 Å². The number of carbonyl (C=O) groups excluding carboxylic acids is 1. The Hall–Kier alpha value is -0.620. The Labute approximate surface area is 89.7 Å². The quantitative estimate of drug-likeness (QED) is 0.692. The van der Waals surface area contributed by atoms with Crippen molar-refractivity contribution in [2.24, 2.45) is 5.92 Å². The summed E-state index contributed by atoms with van der Waals surface area (Å²) < 4.78 is 25.7. The van der Waals surface area contributed by atoms with Gasteiger partial charge in [-0.05, 0) is 31.6 Å². The molecule has 1 aliphatic heterocycles. The zero-order chi connectivity index (χ0) is 10.9. The lowest BCUT2D eigenvalue weighted by Gasteiger charge is -2.22. The first kappa shape index (κ1) is 10.9. The van der Waals surface area contributed by atoms with E-state index in [2.05, 4.69) is 10.0 Å². The summed E-state index contributed by atoms with van der Waals surface area (Å²) in [6, 6.07) is -0.553. The molecule has 1 unspecified atom stereocenters. The number of sulfonamides is 1. The van der Waals surface area contributed by atoms with Crippen LogP contribution in [0.15, 0.2) is 0 Å². The predicted octanol–water partition coefficient (Wildman–Crippen LogP) is -0.406. The van der Waals surface area contributed by atoms with Crippen LogP contribution in [0, 0.1) is 5.92 Å². The molecule has 0 radical (unpaired) electrons. The Kier molecular flexibility index (Phi) is 2.97. The molecule has 6 heteroatoms. The molecule has 1 atom stereocenters. The van der Waals surface area contributed by atoms with Crippen molar-refractivity contribution in [1.29, 1.82) is 0 Å². The Balaban J connectivity index is 1.90. The van der Waals surface area contributed by atoms with E-state index in [0.717, 1.165) is 19.3 Å². The minimum absolute atomic E-state index is 0.177. The van der Waals surface area contributed by atoms with Crippen LogP contribution < -0.4 is 10.0 Å². The average Bonchev–Trinajstić information content (AvgIpc) is 2.91. The van der Waals surface area contributed by atoms with Gasteiger partial charge in [-0.2, -0.15) is 0 Å². The summed E-state index contributed by atoms with van der Waals surface area (Å²) in [5.74, 6) is 0.298. The van der Waals surface area contributed by atoms with Gasteiger partial charge >= 0.3 is 0 Å². The minimum atomic E-state index is -3.26. The second kappa shape index (κ2) is 4.09. The molecule has 0 bridgehead atoms. The van der Waals surface area contributed by atoms with Gasteiger partial charge in [0.25, 0.3) is 0 Å². The van der Waals surface area contributed by atoms with Crippen LogP contribution in [-0.2, 0) is 14.8 Å². The van der Waals surface area contributed by atoms with Crippen LogP contribution in [0.4, 0.5) is 0 Å². The van der Waals surface area contributed by atoms with E-state index < -0.39 is 16.1 Å². The molecule has 5 nitrogen and oxygen atoms in total. The van der Waals surface area contributed by atoms with Gasteiger partial charge < -0.3 is 5.32 Å². The number of piperidine rings is 1. The lowest BCUT2D eigenvalue weighted by atomic mass is 10.1. The van der Waals surface area contributed by atoms with Gasteiger partial charge in [-0.25, -0.2) is 13.1 Å². The monoisotopic (exact) mass is 232 g/mol. The van der Waals surface area contributed by atoms with Crippen molar-refractivity contribution in [1.82, 2.24) is 10.0 Å². The maximum absolute atomic E-state index is 11.6. The molecule has 0 aromatic carbocycles. The smallest absolute Gasteiger partial charge is 0.238 e. The number of hydrogen-bond acceptors (Lipinski definition) is 3. The molecular formula is C9H16N2O3S. The topological polar surface area (TPSA) is 75.3 Å². The molecule has 1 saturated carbocycles. The van der Waals surface area contributed by atoms with Gasteiger partial charge in [-0.1, -0.05) is 0 Å². The summed E-state index contributed by atoms with van der Waals surface area (Å²) in [6.07, 6.45) is 3.44. The molecule has 0 aromatic rings. The SMILES string of the molecule is O=C1NCCCC1NS(=O)(=O)CC1CC1. The maximum atomic E-state index is 11.6. The number of nitrogens with one attached hydrogen (secondary N) is 2. The maximum Gasteiger partial charge on any atom is 0.238 e. The van der Waals surface area contributed by atoms with Crippen molar-refractivity contribution >= 4 is 15.9 Å². The van der Waals surface area contributed by atoms with Crippen molar-refractivity contribution in [3.63, 3.8) is 0 Å². The highest BCUT2D eigenvalue weighted by Gasteiger charge is 2.31. The van der Waals surface area contributed by atoms with E-state index in [4.69, 9.17) is 0 Å². The normalized spacial score (nSPS) is 27.5. The van der Waals surface area contributed by atoms with Gasteiger partial charge in [0, 0.05) is 6.54 Å². The molecule has 1 aliphatic carbocycles. The van der Waals surface area contributed by atoms with Crippen LogP contribution in [0.5, 0.6) is 0 Å². The first-order valence-corrected chi connectivity index (χ1v) is 7.00. The highest BCUT2D eigenvalue weighted by atomic mass is 32.2. The zero-order valence-electron chi connectivity index (χ0n) is 8.53. The Morgan fingerprint density at radius 1 is 1.33 bits per heavy atom. The molecule has 2 aliphatic rings. The molecule has 2 rings (SSSR count). The van der Waals surface area contributed by atoms with E-state index >= 15 is 0 Å². The Morgan fingerprint density at radius 3 is 2.67 bits per heavy atom. The highest BCUT2D eigenvalue weighted by molar-refractivity contribution is 7.89. The van der Waals surface area contributed by atoms with Crippen LogP contribution in [0.3, 0.4) is 0 Å². The molecule has 1 amide bonds. The molecule has 1 saturated heterocycles. The summed E-state index contributed by atoms with van der Waals surface area (Å²) in [6.45, 7) is 0.652. The van der Waals surface area contributed by atoms with Crippen molar-refractivity contribution in [2.45, 2.75) is 31.7 Å². The standard InChI is InChI=1S/C9H16N2O3S/c12-9-8(2-1-5-10-9)11-15(13,14)6-7-3-4-7/h7-8,11H,1-6H2,(H,10,12). The average molecular weight is 232 g/mol. The van der Waals surface area contributed by atoms with Crippen molar-refractivity contribution in [3.8, 4) is 0 Å². The van der Waals surface area contributed by atoms with Crippen LogP contribution in [0.1, 0.15) is 25.7 Å². The van der Waals surface area contributed by atoms with Crippen LogP contribution in [-0.4, -0.2) is 32.7 Å². The lowest BCUT2D eigenvalue weighted by molar-refractivity contribution is -0.124. The minimum Gasteiger partial charge on any atom is -0.355 e. The summed E-state index contributed by atoms with van der Waals surface area (Å²) in [4.78, 5) is 11.3. The molecule has 86 valence electrons. The number of carbonyl (C=O) groups is 1. The first-order valence-electron chi connectivity index (χ1n) is 5.34. The van der Waals surface area contributed by atoms with Crippen molar-refractivity contribution in [3.05, 3.63) is 0 Å². The van der Waals surface area contributed by atoms with Crippen LogP contribution in [0.25, 0.3) is 0 Å². The third kappa shape index (κ3) is 3.17. The Morgan fingerprint density at radius 2 is 2.07 bits per heavy atom. The van der Waals surface area contributed by atoms with E-state index in [1.54, 1.807) is 0 Å². The summed E-state index contributed by atoms with van der Waals surface area (Å²) in [5, 5.41) is 2.66. The number of amides is 1. The van der Waals surface area contributed by atoms with Gasteiger partial charge in [-0.3, -0.25) is 4.79 Å². The largest absolute Gasteiger partial charge is 0.355 e. The fraction of sp³-hybridized carbons (Fsp3) is 0.889. The molecule has 2 fully saturated rings. The lowest BCUT2D eigenvalue weighted by Crippen LogP contribution is -2.50. The van der Waals surface area contributed by atoms with Crippen molar-refractivity contribution < 1.29 is 13.2 Å². The van der Waals surface area contributed by atoms with Gasteiger partial charge in [0.05, 0.1) is 5.75 Å². The molecule has 0 aromatic heterocycles. The van der Waals surface area contributed by atoms with Gasteiger partial charge in [0.2, 0.25) is 15.9 Å². The number of rotatable bonds is 4. The van der Waals surface area contributed by atoms with Gasteiger partial charge in [-0.15, -0.1) is 0 Å². The first-order chi connectivity index (χ1) is 7.07. The second-order valence-electron chi connectivity index (χ2n) is 4.33. The van der Waals surface area contributed by atoms with E-state index in [-0.39, 0.29) is 11.7 Å². The second-order valence-corrected chi connectivity index (χ2v) is 6.13. The highest BCUT2D eigenvalue weighted by Crippen LogP contribution is 2.30. The van der Waals surface area contributed by atoms with E-state index in [0.29, 0.717) is 18.9 Å². The molecule has 0 spiro atoms. The third-order valence-electron chi connectivity index (χ3n) is 2.76. The van der Waals surface area contributed by atoms with E-state index in [1.807, 2.05) is 0 Å². The fourth-order valence-corrected chi connectivity index (χ4v) is 3.45. The summed E-state index contributed by atoms with van der Waals surface area (Å²) in [7, 11) is -3.26. The summed E-state index contributed by atoms with van der Waals surface area (Å²) >= 11 is 0. The van der Waals surface area contributed by atoms with Crippen LogP contribution >= 0.6 is 0 Å². The van der Waals surface area contributed by atoms with Gasteiger partial charge in [0.15, 0.2) is 0 Å². The van der Waals surface area contributed by atoms with E-state index in [9.17, 15) is 13.2 Å². The Bertz CT molecular complexity index is 348. The molecular weight excluding hydrogens is 216 g/mol. The molecule has 15 heavy (non-hydrogen) atoms. The number of hydrogen-bond donors (Lipinski definition) is 2. The molecule has 2 N–H and O–H groups in total. The molecule has 1 heterocycles. The van der Waals surface area contributed by atoms with E-state index in [1.165, 1.54) is 0 Å². The predicted molar refractivity (Wildman–Crippen MR) is 55.7 cm³/mol. The van der Waals surface area contributed by atoms with Crippen molar-refractivity contribution in [2.75, 3.05) is 12.3 Å². The van der Waals surface area contributed by atoms with Crippen LogP contribution in [0.2, 0.25) is 0 Å². The zero-order valence-corrected chi connectivity index (χ0v) is 9.35. The fourth-order valence-electron chi connectivity index (χ4n) is 1.74. The third-order valence-corrected chi connectivity index (χ3v) is 4.31.